The minimum Gasteiger partial charge on any atom is -0.476 e. The van der Waals surface area contributed by atoms with Gasteiger partial charge in [-0.3, -0.25) is 0 Å². The average molecular weight is 267 g/mol. The number of carboxylic acids is 1. The van der Waals surface area contributed by atoms with E-state index in [4.69, 9.17) is 9.84 Å². The molecule has 0 aromatic carbocycles. The van der Waals surface area contributed by atoms with Gasteiger partial charge in [0.15, 0.2) is 5.69 Å². The molecule has 0 amide bonds. The van der Waals surface area contributed by atoms with Crippen LogP contribution < -0.4 is 5.32 Å². The summed E-state index contributed by atoms with van der Waals surface area (Å²) in [7, 11) is 0. The van der Waals surface area contributed by atoms with E-state index in [0.717, 1.165) is 0 Å². The van der Waals surface area contributed by atoms with Crippen molar-refractivity contribution < 1.29 is 19.7 Å². The summed E-state index contributed by atoms with van der Waals surface area (Å²) in [6.07, 6.45) is 3.82. The van der Waals surface area contributed by atoms with Gasteiger partial charge < -0.3 is 20.3 Å². The maximum absolute atomic E-state index is 10.6. The highest BCUT2D eigenvalue weighted by Gasteiger charge is 2.43. The Morgan fingerprint density at radius 2 is 2.26 bits per heavy atom. The zero-order valence-corrected chi connectivity index (χ0v) is 10.7. The molecule has 1 aromatic heterocycles. The molecule has 0 spiro atoms. The van der Waals surface area contributed by atoms with Gasteiger partial charge in [-0.2, -0.15) is 0 Å². The Labute approximate surface area is 110 Å². The number of carboxylic acid groups (broad SMARTS) is 1. The lowest BCUT2D eigenvalue weighted by Crippen LogP contribution is -2.52. The monoisotopic (exact) mass is 267 g/mol. The van der Waals surface area contributed by atoms with Crippen molar-refractivity contribution in [2.24, 2.45) is 0 Å². The summed E-state index contributed by atoms with van der Waals surface area (Å²) in [4.78, 5) is 18.3. The van der Waals surface area contributed by atoms with Gasteiger partial charge >= 0.3 is 5.97 Å². The Morgan fingerprint density at radius 3 is 2.79 bits per heavy atom. The minimum atomic E-state index is -1.11. The number of nitrogens with zero attached hydrogens (tertiary/aromatic N) is 2. The zero-order valence-electron chi connectivity index (χ0n) is 10.7. The summed E-state index contributed by atoms with van der Waals surface area (Å²) in [6.45, 7) is 2.92. The lowest BCUT2D eigenvalue weighted by atomic mass is 9.77. The van der Waals surface area contributed by atoms with Crippen LogP contribution in [0.15, 0.2) is 12.4 Å². The Kier molecular flexibility index (Phi) is 3.96. The molecule has 0 radical (unpaired) electrons. The van der Waals surface area contributed by atoms with E-state index in [1.165, 1.54) is 12.4 Å². The molecule has 7 nitrogen and oxygen atoms in total. The van der Waals surface area contributed by atoms with Crippen molar-refractivity contribution in [1.29, 1.82) is 0 Å². The molecule has 1 heterocycles. The molecule has 1 aromatic rings. The van der Waals surface area contributed by atoms with Crippen LogP contribution in [0.25, 0.3) is 0 Å². The first-order valence-electron chi connectivity index (χ1n) is 6.15. The second-order valence-corrected chi connectivity index (χ2v) is 4.66. The van der Waals surface area contributed by atoms with E-state index >= 15 is 0 Å². The zero-order chi connectivity index (χ0) is 13.9. The van der Waals surface area contributed by atoms with Gasteiger partial charge in [-0.05, 0) is 6.92 Å². The number of carbonyl (C=O) groups is 1. The van der Waals surface area contributed by atoms with Gasteiger partial charge in [-0.15, -0.1) is 0 Å². The number of anilines is 1. The molecular weight excluding hydrogens is 250 g/mol. The predicted octanol–water partition coefficient (Wildman–Crippen LogP) is 0.517. The number of aromatic carboxylic acids is 1. The van der Waals surface area contributed by atoms with Crippen LogP contribution in [0.2, 0.25) is 0 Å². The topological polar surface area (TPSA) is 105 Å². The van der Waals surface area contributed by atoms with Gasteiger partial charge in [-0.25, -0.2) is 14.8 Å². The highest BCUT2D eigenvalue weighted by atomic mass is 16.5. The molecule has 3 N–H and O–H groups in total. The molecule has 0 bridgehead atoms. The van der Waals surface area contributed by atoms with E-state index in [1.807, 2.05) is 6.92 Å². The fourth-order valence-corrected chi connectivity index (χ4v) is 2.07. The van der Waals surface area contributed by atoms with Crippen LogP contribution in [0.5, 0.6) is 0 Å². The third-order valence-corrected chi connectivity index (χ3v) is 3.09. The molecule has 2 rings (SSSR count). The van der Waals surface area contributed by atoms with E-state index in [-0.39, 0.29) is 11.8 Å². The molecule has 1 fully saturated rings. The highest BCUT2D eigenvalue weighted by Crippen LogP contribution is 2.34. The van der Waals surface area contributed by atoms with E-state index in [9.17, 15) is 9.90 Å². The fourth-order valence-electron chi connectivity index (χ4n) is 2.07. The predicted molar refractivity (Wildman–Crippen MR) is 67.1 cm³/mol. The van der Waals surface area contributed by atoms with Crippen LogP contribution >= 0.6 is 0 Å². The molecule has 0 aliphatic heterocycles. The summed E-state index contributed by atoms with van der Waals surface area (Å²) < 4.78 is 5.39. The molecule has 1 aliphatic rings. The molecule has 0 saturated heterocycles. The second-order valence-electron chi connectivity index (χ2n) is 4.66. The van der Waals surface area contributed by atoms with Gasteiger partial charge in [0.25, 0.3) is 0 Å². The molecule has 1 saturated carbocycles. The molecular formula is C12H17N3O4. The standard InChI is InChI=1S/C12H17N3O4/c1-2-19-8-3-12(18,4-8)7-15-10-6-13-9(5-14-10)11(16)17/h5-6,8,18H,2-4,7H2,1H3,(H,14,15)(H,16,17). The first-order valence-corrected chi connectivity index (χ1v) is 6.15. The molecule has 0 unspecified atom stereocenters. The fraction of sp³-hybridized carbons (Fsp3) is 0.583. The maximum Gasteiger partial charge on any atom is 0.356 e. The van der Waals surface area contributed by atoms with Crippen molar-refractivity contribution in [2.45, 2.75) is 31.5 Å². The van der Waals surface area contributed by atoms with Crippen molar-refractivity contribution >= 4 is 11.8 Å². The third-order valence-electron chi connectivity index (χ3n) is 3.09. The van der Waals surface area contributed by atoms with Crippen LogP contribution in [-0.2, 0) is 4.74 Å². The van der Waals surface area contributed by atoms with E-state index < -0.39 is 11.6 Å². The smallest absolute Gasteiger partial charge is 0.356 e. The number of aromatic nitrogens is 2. The van der Waals surface area contributed by atoms with Crippen molar-refractivity contribution in [3.05, 3.63) is 18.1 Å². The number of ether oxygens (including phenoxy) is 1. The first-order chi connectivity index (χ1) is 9.02. The van der Waals surface area contributed by atoms with Crippen LogP contribution in [-0.4, -0.2) is 51.0 Å². The SMILES string of the molecule is CCOC1CC(O)(CNc2cnc(C(=O)O)cn2)C1. The number of nitrogens with one attached hydrogen (secondary N) is 1. The summed E-state index contributed by atoms with van der Waals surface area (Å²) in [5.41, 5.74) is -0.892. The van der Waals surface area contributed by atoms with Crippen LogP contribution in [0.4, 0.5) is 5.82 Å². The van der Waals surface area contributed by atoms with Crippen molar-refractivity contribution in [3.63, 3.8) is 0 Å². The quantitative estimate of drug-likeness (QED) is 0.690. The molecule has 1 aliphatic carbocycles. The molecule has 19 heavy (non-hydrogen) atoms. The average Bonchev–Trinajstić information content (AvgIpc) is 2.35. The number of rotatable bonds is 6. The Balaban J connectivity index is 1.81. The summed E-state index contributed by atoms with van der Waals surface area (Å²) in [6, 6.07) is 0. The third kappa shape index (κ3) is 3.39. The summed E-state index contributed by atoms with van der Waals surface area (Å²) in [5.74, 6) is -0.672. The normalized spacial score (nSPS) is 25.7. The van der Waals surface area contributed by atoms with Crippen molar-refractivity contribution in [1.82, 2.24) is 9.97 Å². The van der Waals surface area contributed by atoms with E-state index in [0.29, 0.717) is 31.8 Å². The van der Waals surface area contributed by atoms with Gasteiger partial charge in [0.05, 0.1) is 24.1 Å². The van der Waals surface area contributed by atoms with Gasteiger partial charge in [0.1, 0.15) is 5.82 Å². The minimum absolute atomic E-state index is 0.107. The highest BCUT2D eigenvalue weighted by molar-refractivity contribution is 5.84. The Morgan fingerprint density at radius 1 is 1.53 bits per heavy atom. The van der Waals surface area contributed by atoms with Crippen molar-refractivity contribution in [3.8, 4) is 0 Å². The first kappa shape index (κ1) is 13.7. The summed E-state index contributed by atoms with van der Waals surface area (Å²) in [5, 5.41) is 21.8. The lowest BCUT2D eigenvalue weighted by Gasteiger charge is -2.43. The van der Waals surface area contributed by atoms with Crippen LogP contribution in [0.1, 0.15) is 30.3 Å². The lowest BCUT2D eigenvalue weighted by molar-refractivity contribution is -0.129. The molecule has 0 atom stereocenters. The number of aliphatic hydroxyl groups is 1. The Bertz CT molecular complexity index is 443. The summed E-state index contributed by atoms with van der Waals surface area (Å²) >= 11 is 0. The van der Waals surface area contributed by atoms with Gasteiger partial charge in [0, 0.05) is 26.0 Å². The molecule has 104 valence electrons. The second kappa shape index (κ2) is 5.50. The maximum atomic E-state index is 10.6. The van der Waals surface area contributed by atoms with E-state index in [1.54, 1.807) is 0 Å². The number of hydrogen-bond donors (Lipinski definition) is 3. The number of hydrogen-bond acceptors (Lipinski definition) is 6. The van der Waals surface area contributed by atoms with Gasteiger partial charge in [-0.1, -0.05) is 0 Å². The van der Waals surface area contributed by atoms with Crippen LogP contribution in [0, 0.1) is 0 Å². The van der Waals surface area contributed by atoms with Crippen LogP contribution in [0.3, 0.4) is 0 Å². The van der Waals surface area contributed by atoms with Crippen molar-refractivity contribution in [2.75, 3.05) is 18.5 Å². The Hall–Kier alpha value is -1.73. The molecule has 7 heteroatoms. The largest absolute Gasteiger partial charge is 0.476 e. The van der Waals surface area contributed by atoms with E-state index in [2.05, 4.69) is 15.3 Å². The van der Waals surface area contributed by atoms with Gasteiger partial charge in [0.2, 0.25) is 0 Å².